The van der Waals surface area contributed by atoms with Gasteiger partial charge in [0.25, 0.3) is 0 Å². The lowest BCUT2D eigenvalue weighted by molar-refractivity contribution is -0.117. The number of urea groups is 1. The first kappa shape index (κ1) is 19.0. The lowest BCUT2D eigenvalue weighted by Crippen LogP contribution is -2.24. The van der Waals surface area contributed by atoms with Crippen LogP contribution in [0.1, 0.15) is 24.3 Å². The fraction of sp³-hybridized carbons (Fsp3) is 0.0909. The number of anilines is 2. The van der Waals surface area contributed by atoms with Crippen LogP contribution in [0.4, 0.5) is 16.2 Å². The molecule has 3 amide bonds. The van der Waals surface area contributed by atoms with E-state index in [4.69, 9.17) is 4.42 Å². The minimum Gasteiger partial charge on any atom is -0.465 e. The van der Waals surface area contributed by atoms with E-state index < -0.39 is 0 Å². The van der Waals surface area contributed by atoms with Crippen LogP contribution < -0.4 is 16.0 Å². The SMILES string of the molecule is CC(NC(=O)/C=C/c1ccco1)c1ccc(NC(=O)Nc2ccccc2)cc1. The standard InChI is InChI=1S/C22H21N3O3/c1-16(23-21(26)14-13-20-8-5-15-28-20)17-9-11-19(12-10-17)25-22(27)24-18-6-3-2-4-7-18/h2-16H,1H3,(H,23,26)(H2,24,25,27)/b14-13+. The van der Waals surface area contributed by atoms with Crippen LogP contribution in [0.25, 0.3) is 6.08 Å². The van der Waals surface area contributed by atoms with E-state index in [2.05, 4.69) is 16.0 Å². The van der Waals surface area contributed by atoms with Crippen molar-refractivity contribution >= 4 is 29.4 Å². The molecule has 1 atom stereocenters. The van der Waals surface area contributed by atoms with Crippen molar-refractivity contribution in [1.29, 1.82) is 0 Å². The number of rotatable bonds is 6. The Morgan fingerprint density at radius 3 is 2.21 bits per heavy atom. The molecule has 0 radical (unpaired) electrons. The molecular formula is C22H21N3O3. The van der Waals surface area contributed by atoms with Crippen molar-refractivity contribution < 1.29 is 14.0 Å². The molecule has 0 saturated carbocycles. The fourth-order valence-corrected chi connectivity index (χ4v) is 2.56. The Morgan fingerprint density at radius 2 is 1.57 bits per heavy atom. The van der Waals surface area contributed by atoms with Crippen molar-refractivity contribution in [3.63, 3.8) is 0 Å². The van der Waals surface area contributed by atoms with Crippen LogP contribution in [-0.4, -0.2) is 11.9 Å². The summed E-state index contributed by atoms with van der Waals surface area (Å²) in [5, 5.41) is 8.42. The van der Waals surface area contributed by atoms with E-state index >= 15 is 0 Å². The van der Waals surface area contributed by atoms with Crippen LogP contribution in [0.15, 0.2) is 83.5 Å². The summed E-state index contributed by atoms with van der Waals surface area (Å²) in [6, 6.07) is 19.6. The molecule has 0 spiro atoms. The Hall–Kier alpha value is -3.80. The molecule has 0 aliphatic rings. The van der Waals surface area contributed by atoms with Crippen molar-refractivity contribution in [2.75, 3.05) is 10.6 Å². The second kappa shape index (κ2) is 9.23. The molecule has 3 N–H and O–H groups in total. The van der Waals surface area contributed by atoms with Crippen molar-refractivity contribution in [3.05, 3.63) is 90.4 Å². The Balaban J connectivity index is 1.51. The van der Waals surface area contributed by atoms with Gasteiger partial charge < -0.3 is 20.4 Å². The normalized spacial score (nSPS) is 11.8. The summed E-state index contributed by atoms with van der Waals surface area (Å²) >= 11 is 0. The van der Waals surface area contributed by atoms with Gasteiger partial charge in [0, 0.05) is 17.5 Å². The lowest BCUT2D eigenvalue weighted by atomic mass is 10.1. The molecule has 2 aromatic carbocycles. The Kier molecular flexibility index (Phi) is 6.25. The highest BCUT2D eigenvalue weighted by atomic mass is 16.3. The number of amides is 3. The van der Waals surface area contributed by atoms with Gasteiger partial charge in [0.2, 0.25) is 5.91 Å². The van der Waals surface area contributed by atoms with Crippen molar-refractivity contribution in [2.24, 2.45) is 0 Å². The van der Waals surface area contributed by atoms with E-state index in [1.807, 2.05) is 49.4 Å². The maximum absolute atomic E-state index is 12.0. The van der Waals surface area contributed by atoms with Crippen LogP contribution in [-0.2, 0) is 4.79 Å². The Labute approximate surface area is 163 Å². The molecule has 0 aliphatic heterocycles. The Morgan fingerprint density at radius 1 is 0.893 bits per heavy atom. The number of furan rings is 1. The summed E-state index contributed by atoms with van der Waals surface area (Å²) in [4.78, 5) is 24.0. The topological polar surface area (TPSA) is 83.4 Å². The molecule has 1 aromatic heterocycles. The largest absolute Gasteiger partial charge is 0.465 e. The summed E-state index contributed by atoms with van der Waals surface area (Å²) in [6.45, 7) is 1.89. The highest BCUT2D eigenvalue weighted by Crippen LogP contribution is 2.17. The number of nitrogens with one attached hydrogen (secondary N) is 3. The third-order valence-electron chi connectivity index (χ3n) is 4.00. The molecule has 6 nitrogen and oxygen atoms in total. The molecule has 6 heteroatoms. The first-order valence-corrected chi connectivity index (χ1v) is 8.85. The van der Waals surface area contributed by atoms with Gasteiger partial charge in [-0.2, -0.15) is 0 Å². The zero-order valence-electron chi connectivity index (χ0n) is 15.4. The van der Waals surface area contributed by atoms with Crippen LogP contribution in [0.5, 0.6) is 0 Å². The van der Waals surface area contributed by atoms with Crippen LogP contribution in [0.3, 0.4) is 0 Å². The van der Waals surface area contributed by atoms with Gasteiger partial charge in [-0.25, -0.2) is 4.79 Å². The highest BCUT2D eigenvalue weighted by molar-refractivity contribution is 5.99. The van der Waals surface area contributed by atoms with Gasteiger partial charge in [-0.3, -0.25) is 4.79 Å². The average molecular weight is 375 g/mol. The molecule has 142 valence electrons. The van der Waals surface area contributed by atoms with Crippen molar-refractivity contribution in [2.45, 2.75) is 13.0 Å². The van der Waals surface area contributed by atoms with E-state index in [1.165, 1.54) is 6.08 Å². The second-order valence-electron chi connectivity index (χ2n) is 6.15. The summed E-state index contributed by atoms with van der Waals surface area (Å²) < 4.78 is 5.15. The maximum atomic E-state index is 12.0. The van der Waals surface area contributed by atoms with Gasteiger partial charge in [-0.1, -0.05) is 30.3 Å². The minimum absolute atomic E-state index is 0.180. The first-order valence-electron chi connectivity index (χ1n) is 8.85. The smallest absolute Gasteiger partial charge is 0.323 e. The first-order chi connectivity index (χ1) is 13.6. The number of carbonyl (C=O) groups excluding carboxylic acids is 2. The van der Waals surface area contributed by atoms with E-state index in [0.717, 1.165) is 11.3 Å². The number of hydrogen-bond donors (Lipinski definition) is 3. The van der Waals surface area contributed by atoms with Crippen LogP contribution in [0.2, 0.25) is 0 Å². The lowest BCUT2D eigenvalue weighted by Gasteiger charge is -2.14. The summed E-state index contributed by atoms with van der Waals surface area (Å²) in [5.41, 5.74) is 2.30. The predicted molar refractivity (Wildman–Crippen MR) is 110 cm³/mol. The van der Waals surface area contributed by atoms with Gasteiger partial charge in [0.15, 0.2) is 0 Å². The van der Waals surface area contributed by atoms with E-state index in [-0.39, 0.29) is 18.0 Å². The second-order valence-corrected chi connectivity index (χ2v) is 6.15. The molecule has 3 rings (SSSR count). The van der Waals surface area contributed by atoms with E-state index in [1.54, 1.807) is 36.6 Å². The summed E-state index contributed by atoms with van der Waals surface area (Å²) in [5.74, 6) is 0.403. The summed E-state index contributed by atoms with van der Waals surface area (Å²) in [7, 11) is 0. The fourth-order valence-electron chi connectivity index (χ4n) is 2.56. The number of carbonyl (C=O) groups is 2. The third-order valence-corrected chi connectivity index (χ3v) is 4.00. The molecule has 0 saturated heterocycles. The zero-order valence-corrected chi connectivity index (χ0v) is 15.4. The zero-order chi connectivity index (χ0) is 19.8. The van der Waals surface area contributed by atoms with Crippen LogP contribution >= 0.6 is 0 Å². The molecule has 3 aromatic rings. The van der Waals surface area contributed by atoms with Gasteiger partial charge >= 0.3 is 6.03 Å². The number of hydrogen-bond acceptors (Lipinski definition) is 3. The highest BCUT2D eigenvalue weighted by Gasteiger charge is 2.08. The third kappa shape index (κ3) is 5.60. The Bertz CT molecular complexity index is 933. The van der Waals surface area contributed by atoms with E-state index in [9.17, 15) is 9.59 Å². The molecule has 1 heterocycles. The quantitative estimate of drug-likeness (QED) is 0.541. The number of para-hydroxylation sites is 1. The van der Waals surface area contributed by atoms with Crippen LogP contribution in [0, 0.1) is 0 Å². The number of benzene rings is 2. The monoisotopic (exact) mass is 375 g/mol. The molecule has 1 unspecified atom stereocenters. The van der Waals surface area contributed by atoms with E-state index in [0.29, 0.717) is 11.4 Å². The molecule has 0 fully saturated rings. The van der Waals surface area contributed by atoms with Crippen molar-refractivity contribution in [1.82, 2.24) is 5.32 Å². The van der Waals surface area contributed by atoms with Gasteiger partial charge in [0.1, 0.15) is 5.76 Å². The average Bonchev–Trinajstić information content (AvgIpc) is 3.21. The summed E-state index contributed by atoms with van der Waals surface area (Å²) in [6.07, 6.45) is 4.59. The van der Waals surface area contributed by atoms with Crippen molar-refractivity contribution in [3.8, 4) is 0 Å². The minimum atomic E-state index is -0.316. The predicted octanol–water partition coefficient (Wildman–Crippen LogP) is 4.81. The molecule has 28 heavy (non-hydrogen) atoms. The van der Waals surface area contributed by atoms with Gasteiger partial charge in [-0.15, -0.1) is 0 Å². The molecular weight excluding hydrogens is 354 g/mol. The molecule has 0 bridgehead atoms. The van der Waals surface area contributed by atoms with Gasteiger partial charge in [-0.05, 0) is 55.0 Å². The maximum Gasteiger partial charge on any atom is 0.323 e. The molecule has 0 aliphatic carbocycles. The van der Waals surface area contributed by atoms with Gasteiger partial charge in [0.05, 0.1) is 12.3 Å².